The van der Waals surface area contributed by atoms with Crippen molar-refractivity contribution in [1.82, 2.24) is 0 Å². The van der Waals surface area contributed by atoms with Crippen molar-refractivity contribution < 1.29 is 4.43 Å². The molecular weight excluding hydrogens is 188 g/mol. The third-order valence-corrected chi connectivity index (χ3v) is 4.39. The van der Waals surface area contributed by atoms with Gasteiger partial charge in [-0.1, -0.05) is 44.7 Å². The quantitative estimate of drug-likeness (QED) is 0.411. The second-order valence-electron chi connectivity index (χ2n) is 4.42. The number of hydrogen-bond acceptors (Lipinski definition) is 1. The van der Waals surface area contributed by atoms with E-state index in [1.807, 2.05) is 5.70 Å². The normalized spacial score (nSPS) is 11.6. The van der Waals surface area contributed by atoms with E-state index in [-0.39, 0.29) is 0 Å². The van der Waals surface area contributed by atoms with Crippen LogP contribution in [-0.4, -0.2) is 14.9 Å². The molecule has 0 heterocycles. The fourth-order valence-corrected chi connectivity index (χ4v) is 2.06. The maximum Gasteiger partial charge on any atom is 0.210 e. The molecule has 84 valence electrons. The van der Waals surface area contributed by atoms with Gasteiger partial charge in [-0.15, -0.1) is 6.58 Å². The lowest BCUT2D eigenvalue weighted by Gasteiger charge is -2.17. The lowest BCUT2D eigenvalue weighted by Crippen LogP contribution is -2.27. The Morgan fingerprint density at radius 2 is 1.64 bits per heavy atom. The van der Waals surface area contributed by atoms with Crippen LogP contribution < -0.4 is 0 Å². The van der Waals surface area contributed by atoms with E-state index >= 15 is 0 Å². The average molecular weight is 214 g/mol. The van der Waals surface area contributed by atoms with Crippen LogP contribution in [0.15, 0.2) is 12.3 Å². The van der Waals surface area contributed by atoms with E-state index < -0.39 is 8.32 Å². The Balaban J connectivity index is 3.17. The van der Waals surface area contributed by atoms with Crippen LogP contribution in [0.1, 0.15) is 45.4 Å². The van der Waals surface area contributed by atoms with Crippen molar-refractivity contribution in [2.24, 2.45) is 0 Å². The van der Waals surface area contributed by atoms with Crippen LogP contribution in [0.4, 0.5) is 0 Å². The third-order valence-electron chi connectivity index (χ3n) is 2.46. The Hall–Kier alpha value is -0.0831. The molecular formula is C12H26OSi. The molecule has 1 nitrogen and oxygen atoms in total. The van der Waals surface area contributed by atoms with Gasteiger partial charge < -0.3 is 4.43 Å². The highest BCUT2D eigenvalue weighted by Crippen LogP contribution is 2.09. The molecule has 0 saturated carbocycles. The molecule has 0 unspecified atom stereocenters. The van der Waals surface area contributed by atoms with Crippen molar-refractivity contribution in [3.8, 4) is 0 Å². The summed E-state index contributed by atoms with van der Waals surface area (Å²) in [7, 11) is -1.49. The van der Waals surface area contributed by atoms with Crippen LogP contribution in [0, 0.1) is 0 Å². The average Bonchev–Trinajstić information content (AvgIpc) is 2.16. The molecule has 0 aromatic carbocycles. The standard InChI is InChI=1S/C12H26OSi/c1-5-7-8-9-10-11-12-13-14(3,4)6-2/h6H,2,5,7-12H2,1,3-4H3. The van der Waals surface area contributed by atoms with E-state index in [1.165, 1.54) is 38.5 Å². The second-order valence-corrected chi connectivity index (χ2v) is 8.33. The van der Waals surface area contributed by atoms with Crippen molar-refractivity contribution in [2.45, 2.75) is 58.5 Å². The van der Waals surface area contributed by atoms with Gasteiger partial charge >= 0.3 is 0 Å². The zero-order valence-corrected chi connectivity index (χ0v) is 11.1. The van der Waals surface area contributed by atoms with Gasteiger partial charge in [0.2, 0.25) is 8.32 Å². The monoisotopic (exact) mass is 214 g/mol. The van der Waals surface area contributed by atoms with E-state index in [0.29, 0.717) is 0 Å². The van der Waals surface area contributed by atoms with Crippen molar-refractivity contribution in [1.29, 1.82) is 0 Å². The summed E-state index contributed by atoms with van der Waals surface area (Å²) in [4.78, 5) is 0. The highest BCUT2D eigenvalue weighted by atomic mass is 28.4. The lowest BCUT2D eigenvalue weighted by molar-refractivity contribution is 0.301. The first-order valence-corrected chi connectivity index (χ1v) is 8.88. The molecule has 0 rings (SSSR count). The van der Waals surface area contributed by atoms with Gasteiger partial charge in [0.25, 0.3) is 0 Å². The largest absolute Gasteiger partial charge is 0.414 e. The molecule has 14 heavy (non-hydrogen) atoms. The van der Waals surface area contributed by atoms with Crippen molar-refractivity contribution in [3.63, 3.8) is 0 Å². The number of rotatable bonds is 9. The van der Waals surface area contributed by atoms with Gasteiger partial charge in [0.05, 0.1) is 0 Å². The molecule has 2 heteroatoms. The van der Waals surface area contributed by atoms with Gasteiger partial charge in [0.1, 0.15) is 0 Å². The molecule has 0 saturated heterocycles. The van der Waals surface area contributed by atoms with Gasteiger partial charge in [-0.25, -0.2) is 0 Å². The molecule has 0 aromatic heterocycles. The third kappa shape index (κ3) is 8.51. The van der Waals surface area contributed by atoms with Crippen molar-refractivity contribution >= 4 is 8.32 Å². The van der Waals surface area contributed by atoms with E-state index in [2.05, 4.69) is 26.6 Å². The lowest BCUT2D eigenvalue weighted by atomic mass is 10.1. The van der Waals surface area contributed by atoms with E-state index in [4.69, 9.17) is 4.43 Å². The first-order valence-electron chi connectivity index (χ1n) is 5.90. The van der Waals surface area contributed by atoms with Crippen molar-refractivity contribution in [2.75, 3.05) is 6.61 Å². The molecule has 0 aliphatic carbocycles. The summed E-state index contributed by atoms with van der Waals surface area (Å²) in [5.74, 6) is 0. The first-order chi connectivity index (χ1) is 6.62. The highest BCUT2D eigenvalue weighted by Gasteiger charge is 2.16. The maximum atomic E-state index is 5.81. The van der Waals surface area contributed by atoms with Crippen molar-refractivity contribution in [3.05, 3.63) is 12.3 Å². The Bertz CT molecular complexity index is 143. The fourth-order valence-electron chi connectivity index (χ4n) is 1.28. The minimum absolute atomic E-state index is 0.928. The number of unbranched alkanes of at least 4 members (excludes halogenated alkanes) is 5. The zero-order chi connectivity index (χ0) is 10.9. The van der Waals surface area contributed by atoms with Gasteiger partial charge in [0, 0.05) is 6.61 Å². The van der Waals surface area contributed by atoms with Crippen LogP contribution in [0.2, 0.25) is 13.1 Å². The van der Waals surface area contributed by atoms with Gasteiger partial charge in [-0.3, -0.25) is 0 Å². The first kappa shape index (κ1) is 13.9. The van der Waals surface area contributed by atoms with Crippen LogP contribution in [0.5, 0.6) is 0 Å². The van der Waals surface area contributed by atoms with Gasteiger partial charge in [0.15, 0.2) is 0 Å². The Morgan fingerprint density at radius 1 is 1.07 bits per heavy atom. The van der Waals surface area contributed by atoms with E-state index in [9.17, 15) is 0 Å². The highest BCUT2D eigenvalue weighted by molar-refractivity contribution is 6.76. The molecule has 0 aliphatic rings. The summed E-state index contributed by atoms with van der Waals surface area (Å²) in [6.45, 7) is 11.4. The minimum Gasteiger partial charge on any atom is -0.414 e. The zero-order valence-electron chi connectivity index (χ0n) is 10.1. The van der Waals surface area contributed by atoms with Crippen LogP contribution in [-0.2, 0) is 4.43 Å². The fraction of sp³-hybridized carbons (Fsp3) is 0.833. The van der Waals surface area contributed by atoms with Gasteiger partial charge in [-0.2, -0.15) is 0 Å². The van der Waals surface area contributed by atoms with Crippen LogP contribution in [0.25, 0.3) is 0 Å². The summed E-state index contributed by atoms with van der Waals surface area (Å²) >= 11 is 0. The predicted octanol–water partition coefficient (Wildman–Crippen LogP) is 4.29. The molecule has 0 spiro atoms. The van der Waals surface area contributed by atoms with E-state index in [0.717, 1.165) is 6.61 Å². The van der Waals surface area contributed by atoms with E-state index in [1.54, 1.807) is 0 Å². The number of hydrogen-bond donors (Lipinski definition) is 0. The summed E-state index contributed by atoms with van der Waals surface area (Å²) in [6, 6.07) is 0. The molecule has 0 bridgehead atoms. The molecule has 0 aromatic rings. The summed E-state index contributed by atoms with van der Waals surface area (Å²) in [5, 5.41) is 0. The predicted molar refractivity (Wildman–Crippen MR) is 67.0 cm³/mol. The molecule has 0 N–H and O–H groups in total. The second kappa shape index (κ2) is 8.24. The topological polar surface area (TPSA) is 9.23 Å². The van der Waals surface area contributed by atoms with Crippen LogP contribution in [0.3, 0.4) is 0 Å². The Kier molecular flexibility index (Phi) is 8.19. The Morgan fingerprint density at radius 3 is 2.21 bits per heavy atom. The Labute approximate surface area is 90.7 Å². The summed E-state index contributed by atoms with van der Waals surface area (Å²) < 4.78 is 5.81. The SMILES string of the molecule is C=C[Si](C)(C)OCCCCCCCC. The minimum atomic E-state index is -1.49. The molecule has 0 fully saturated rings. The van der Waals surface area contributed by atoms with Gasteiger partial charge in [-0.05, 0) is 19.5 Å². The summed E-state index contributed by atoms with van der Waals surface area (Å²) in [5.41, 5.74) is 2.00. The summed E-state index contributed by atoms with van der Waals surface area (Å²) in [6.07, 6.45) is 8.00. The smallest absolute Gasteiger partial charge is 0.210 e. The van der Waals surface area contributed by atoms with Crippen LogP contribution >= 0.6 is 0 Å². The molecule has 0 radical (unpaired) electrons. The molecule has 0 atom stereocenters. The maximum absolute atomic E-state index is 5.81. The molecule has 0 aliphatic heterocycles. The molecule has 0 amide bonds.